The van der Waals surface area contributed by atoms with Gasteiger partial charge in [0, 0.05) is 36.8 Å². The number of piperidine rings is 1. The summed E-state index contributed by atoms with van der Waals surface area (Å²) in [7, 11) is 0. The fraction of sp³-hybridized carbons (Fsp3) is 0.500. The van der Waals surface area contributed by atoms with Crippen LogP contribution in [0.5, 0.6) is 0 Å². The summed E-state index contributed by atoms with van der Waals surface area (Å²) in [6.07, 6.45) is 4.08. The molecule has 31 heavy (non-hydrogen) atoms. The second-order valence-electron chi connectivity index (χ2n) is 9.12. The van der Waals surface area contributed by atoms with Crippen LogP contribution in [-0.2, 0) is 4.79 Å². The topological polar surface area (TPSA) is 35.6 Å². The maximum atomic E-state index is 13.1. The number of aryl methyl sites for hydroxylation is 2. The number of nitrogens with zero attached hydrogens (tertiary/aromatic N) is 2. The van der Waals surface area contributed by atoms with Crippen molar-refractivity contribution < 1.29 is 4.79 Å². The molecule has 0 saturated carbocycles. The lowest BCUT2D eigenvalue weighted by Crippen LogP contribution is -2.50. The molecule has 1 amide bonds. The van der Waals surface area contributed by atoms with Gasteiger partial charge in [-0.3, -0.25) is 4.79 Å². The molecule has 0 radical (unpaired) electrons. The zero-order chi connectivity index (χ0) is 21.8. The number of hydrogen-bond acceptors (Lipinski definition) is 3. The van der Waals surface area contributed by atoms with Gasteiger partial charge in [0.25, 0.3) is 0 Å². The van der Waals surface area contributed by atoms with Gasteiger partial charge in [-0.1, -0.05) is 41.4 Å². The Morgan fingerprint density at radius 1 is 1.06 bits per heavy atom. The molecule has 5 heteroatoms. The summed E-state index contributed by atoms with van der Waals surface area (Å²) in [6.45, 7) is 8.83. The normalized spacial score (nSPS) is 20.2. The second kappa shape index (κ2) is 10.1. The fourth-order valence-corrected chi connectivity index (χ4v) is 5.18. The quantitative estimate of drug-likeness (QED) is 0.701. The van der Waals surface area contributed by atoms with E-state index < -0.39 is 0 Å². The van der Waals surface area contributed by atoms with Crippen molar-refractivity contribution in [2.24, 2.45) is 5.92 Å². The first kappa shape index (κ1) is 22.2. The lowest BCUT2D eigenvalue weighted by Gasteiger charge is -2.44. The Kier molecular flexibility index (Phi) is 7.19. The Balaban J connectivity index is 1.51. The molecule has 1 N–H and O–H groups in total. The van der Waals surface area contributed by atoms with Crippen molar-refractivity contribution in [3.8, 4) is 0 Å². The number of carbonyl (C=O) groups excluding carboxylic acids is 1. The Hall–Kier alpha value is -2.04. The van der Waals surface area contributed by atoms with E-state index in [1.165, 1.54) is 35.2 Å². The maximum absolute atomic E-state index is 13.1. The van der Waals surface area contributed by atoms with Crippen LogP contribution in [0.1, 0.15) is 48.4 Å². The van der Waals surface area contributed by atoms with Crippen LogP contribution in [0.3, 0.4) is 0 Å². The van der Waals surface area contributed by atoms with Crippen molar-refractivity contribution in [3.05, 3.63) is 64.2 Å². The highest BCUT2D eigenvalue weighted by Gasteiger charge is 2.31. The fourth-order valence-electron chi connectivity index (χ4n) is 5.05. The number of halogens is 1. The van der Waals surface area contributed by atoms with Crippen molar-refractivity contribution in [1.82, 2.24) is 10.2 Å². The van der Waals surface area contributed by atoms with Gasteiger partial charge in [0.2, 0.25) is 5.91 Å². The predicted octanol–water partition coefficient (Wildman–Crippen LogP) is 5.13. The monoisotopic (exact) mass is 439 g/mol. The third kappa shape index (κ3) is 5.42. The van der Waals surface area contributed by atoms with E-state index in [0.29, 0.717) is 18.2 Å². The minimum Gasteiger partial charge on any atom is -0.361 e. The summed E-state index contributed by atoms with van der Waals surface area (Å²) in [6, 6.07) is 14.9. The highest BCUT2D eigenvalue weighted by molar-refractivity contribution is 6.30. The van der Waals surface area contributed by atoms with Crippen LogP contribution < -0.4 is 10.2 Å². The first-order valence-electron chi connectivity index (χ1n) is 11.6. The summed E-state index contributed by atoms with van der Waals surface area (Å²) < 4.78 is 0. The molecule has 2 aliphatic rings. The molecule has 4 rings (SSSR count). The van der Waals surface area contributed by atoms with Crippen LogP contribution in [0.2, 0.25) is 5.02 Å². The third-order valence-corrected chi connectivity index (χ3v) is 7.13. The van der Waals surface area contributed by atoms with E-state index in [-0.39, 0.29) is 6.04 Å². The Morgan fingerprint density at radius 3 is 2.52 bits per heavy atom. The number of hydrogen-bond donors (Lipinski definition) is 1. The molecular weight excluding hydrogens is 406 g/mol. The zero-order valence-corrected chi connectivity index (χ0v) is 19.5. The molecule has 0 aromatic heterocycles. The summed E-state index contributed by atoms with van der Waals surface area (Å²) in [5, 5.41) is 4.15. The number of benzene rings is 2. The summed E-state index contributed by atoms with van der Waals surface area (Å²) >= 11 is 6.16. The summed E-state index contributed by atoms with van der Waals surface area (Å²) in [5.41, 5.74) is 5.02. The molecule has 2 fully saturated rings. The minimum atomic E-state index is 0.134. The van der Waals surface area contributed by atoms with Crippen LogP contribution in [0.25, 0.3) is 0 Å². The van der Waals surface area contributed by atoms with Crippen molar-refractivity contribution in [1.29, 1.82) is 0 Å². The van der Waals surface area contributed by atoms with Crippen LogP contribution in [0.4, 0.5) is 5.69 Å². The number of anilines is 1. The van der Waals surface area contributed by atoms with Gasteiger partial charge < -0.3 is 15.1 Å². The van der Waals surface area contributed by atoms with E-state index in [4.69, 9.17) is 11.6 Å². The van der Waals surface area contributed by atoms with E-state index in [9.17, 15) is 4.79 Å². The van der Waals surface area contributed by atoms with Crippen molar-refractivity contribution in [2.75, 3.05) is 37.6 Å². The first-order chi connectivity index (χ1) is 15.0. The molecule has 2 aliphatic heterocycles. The molecule has 2 aromatic rings. The van der Waals surface area contributed by atoms with Gasteiger partial charge in [-0.15, -0.1) is 0 Å². The third-order valence-electron chi connectivity index (χ3n) is 6.87. The minimum absolute atomic E-state index is 0.134. The first-order valence-corrected chi connectivity index (χ1v) is 12.0. The second-order valence-corrected chi connectivity index (χ2v) is 9.56. The number of amides is 1. The van der Waals surface area contributed by atoms with Crippen LogP contribution >= 0.6 is 11.6 Å². The van der Waals surface area contributed by atoms with Gasteiger partial charge in [-0.2, -0.15) is 0 Å². The standard InChI is InChI=1S/C26H34ClN3O/c1-19-3-9-24(20(2)17-19)30-16-15-29(18-25(30)22-5-7-23(27)8-6-22)26(31)10-4-21-11-13-28-14-12-21/h3,5-9,17,21,25,28H,4,10-16,18H2,1-2H3/t25-/m0/s1. The van der Waals surface area contributed by atoms with Gasteiger partial charge in [0.05, 0.1) is 6.04 Å². The Bertz CT molecular complexity index is 892. The van der Waals surface area contributed by atoms with Crippen LogP contribution in [0, 0.1) is 19.8 Å². The van der Waals surface area contributed by atoms with Crippen molar-refractivity contribution in [2.45, 2.75) is 45.6 Å². The smallest absolute Gasteiger partial charge is 0.222 e. The number of carbonyl (C=O) groups is 1. The Labute approximate surface area is 191 Å². The molecule has 0 bridgehead atoms. The molecule has 1 atom stereocenters. The van der Waals surface area contributed by atoms with Gasteiger partial charge in [-0.25, -0.2) is 0 Å². The Morgan fingerprint density at radius 2 is 1.81 bits per heavy atom. The van der Waals surface area contributed by atoms with Crippen molar-refractivity contribution in [3.63, 3.8) is 0 Å². The van der Waals surface area contributed by atoms with Gasteiger partial charge in [0.1, 0.15) is 0 Å². The van der Waals surface area contributed by atoms with Crippen LogP contribution in [-0.4, -0.2) is 43.5 Å². The van der Waals surface area contributed by atoms with Gasteiger partial charge in [-0.05, 0) is 81.4 Å². The van der Waals surface area contributed by atoms with Crippen molar-refractivity contribution >= 4 is 23.2 Å². The lowest BCUT2D eigenvalue weighted by atomic mass is 9.92. The molecule has 0 spiro atoms. The van der Waals surface area contributed by atoms with E-state index in [0.717, 1.165) is 44.2 Å². The van der Waals surface area contributed by atoms with E-state index in [1.54, 1.807) is 0 Å². The van der Waals surface area contributed by atoms with E-state index in [1.807, 2.05) is 12.1 Å². The lowest BCUT2D eigenvalue weighted by molar-refractivity contribution is -0.132. The largest absolute Gasteiger partial charge is 0.361 e. The SMILES string of the molecule is Cc1ccc(N2CCN(C(=O)CCC3CCNCC3)C[C@H]2c2ccc(Cl)cc2)c(C)c1. The zero-order valence-electron chi connectivity index (χ0n) is 18.7. The number of piperazine rings is 1. The predicted molar refractivity (Wildman–Crippen MR) is 129 cm³/mol. The average Bonchev–Trinajstić information content (AvgIpc) is 2.78. The molecule has 2 saturated heterocycles. The molecule has 0 unspecified atom stereocenters. The van der Waals surface area contributed by atoms with Gasteiger partial charge in [0.15, 0.2) is 0 Å². The average molecular weight is 440 g/mol. The highest BCUT2D eigenvalue weighted by Crippen LogP contribution is 2.34. The number of nitrogens with one attached hydrogen (secondary N) is 1. The molecule has 0 aliphatic carbocycles. The van der Waals surface area contributed by atoms with E-state index in [2.05, 4.69) is 59.3 Å². The van der Waals surface area contributed by atoms with Crippen LogP contribution in [0.15, 0.2) is 42.5 Å². The molecule has 2 aromatic carbocycles. The molecular formula is C26H34ClN3O. The molecule has 2 heterocycles. The highest BCUT2D eigenvalue weighted by atomic mass is 35.5. The summed E-state index contributed by atoms with van der Waals surface area (Å²) in [4.78, 5) is 17.6. The molecule has 166 valence electrons. The maximum Gasteiger partial charge on any atom is 0.222 e. The number of rotatable bonds is 5. The summed E-state index contributed by atoms with van der Waals surface area (Å²) in [5.74, 6) is 0.992. The van der Waals surface area contributed by atoms with E-state index >= 15 is 0 Å². The molecule has 4 nitrogen and oxygen atoms in total. The van der Waals surface area contributed by atoms with Gasteiger partial charge >= 0.3 is 0 Å².